The Morgan fingerprint density at radius 3 is 2.71 bits per heavy atom. The van der Waals surface area contributed by atoms with Crippen molar-refractivity contribution in [1.82, 2.24) is 0 Å². The highest BCUT2D eigenvalue weighted by Gasteiger charge is 2.37. The molecule has 1 aromatic carbocycles. The molecule has 2 rings (SSSR count). The van der Waals surface area contributed by atoms with E-state index in [2.05, 4.69) is 24.5 Å². The number of nitrogens with zero attached hydrogens (tertiary/aromatic N) is 1. The van der Waals surface area contributed by atoms with E-state index in [1.807, 2.05) is 13.0 Å². The SMILES string of the molecule is CCCNc1cc(NC2(C)CCOC2C)cc([N+](=O)[O-])c1. The number of hydrogen-bond acceptors (Lipinski definition) is 5. The Morgan fingerprint density at radius 1 is 1.43 bits per heavy atom. The molecule has 1 saturated heterocycles. The molecule has 2 unspecified atom stereocenters. The van der Waals surface area contributed by atoms with Crippen molar-refractivity contribution in [3.63, 3.8) is 0 Å². The van der Waals surface area contributed by atoms with E-state index < -0.39 is 0 Å². The zero-order chi connectivity index (χ0) is 15.5. The lowest BCUT2D eigenvalue weighted by atomic mass is 9.94. The van der Waals surface area contributed by atoms with E-state index in [1.165, 1.54) is 0 Å². The fourth-order valence-electron chi connectivity index (χ4n) is 2.49. The first kappa shape index (κ1) is 15.6. The molecule has 1 heterocycles. The van der Waals surface area contributed by atoms with E-state index in [0.29, 0.717) is 6.61 Å². The zero-order valence-corrected chi connectivity index (χ0v) is 12.8. The minimum atomic E-state index is -0.362. The molecule has 1 aliphatic heterocycles. The third-order valence-corrected chi connectivity index (χ3v) is 4.02. The summed E-state index contributed by atoms with van der Waals surface area (Å²) in [5, 5.41) is 17.7. The van der Waals surface area contributed by atoms with Crippen LogP contribution in [0.15, 0.2) is 18.2 Å². The molecule has 116 valence electrons. The van der Waals surface area contributed by atoms with Gasteiger partial charge in [-0.3, -0.25) is 10.1 Å². The van der Waals surface area contributed by atoms with Gasteiger partial charge < -0.3 is 15.4 Å². The molecule has 6 heteroatoms. The third-order valence-electron chi connectivity index (χ3n) is 4.02. The van der Waals surface area contributed by atoms with Crippen molar-refractivity contribution in [2.45, 2.75) is 45.3 Å². The van der Waals surface area contributed by atoms with Crippen LogP contribution >= 0.6 is 0 Å². The summed E-state index contributed by atoms with van der Waals surface area (Å²) in [5.41, 5.74) is 1.41. The predicted molar refractivity (Wildman–Crippen MR) is 83.9 cm³/mol. The summed E-state index contributed by atoms with van der Waals surface area (Å²) in [5.74, 6) is 0. The Morgan fingerprint density at radius 2 is 2.14 bits per heavy atom. The summed E-state index contributed by atoms with van der Waals surface area (Å²) in [6, 6.07) is 5.06. The number of anilines is 2. The lowest BCUT2D eigenvalue weighted by Gasteiger charge is -2.30. The minimum Gasteiger partial charge on any atom is -0.385 e. The number of rotatable bonds is 6. The van der Waals surface area contributed by atoms with Gasteiger partial charge in [0.1, 0.15) is 0 Å². The van der Waals surface area contributed by atoms with E-state index in [4.69, 9.17) is 4.74 Å². The summed E-state index contributed by atoms with van der Waals surface area (Å²) in [7, 11) is 0. The quantitative estimate of drug-likeness (QED) is 0.621. The van der Waals surface area contributed by atoms with Crippen LogP contribution in [0.2, 0.25) is 0 Å². The molecule has 1 aliphatic rings. The van der Waals surface area contributed by atoms with E-state index in [1.54, 1.807) is 12.1 Å². The summed E-state index contributed by atoms with van der Waals surface area (Å²) in [6.45, 7) is 7.66. The Hall–Kier alpha value is -1.82. The standard InChI is InChI=1S/C15H23N3O3/c1-4-6-16-12-8-13(10-14(9-12)18(19)20)17-15(3)5-7-21-11(15)2/h8-11,16-17H,4-7H2,1-3H3. The number of nitro groups is 1. The Balaban J connectivity index is 2.25. The van der Waals surface area contributed by atoms with Crippen LogP contribution in [0.5, 0.6) is 0 Å². The highest BCUT2D eigenvalue weighted by atomic mass is 16.6. The van der Waals surface area contributed by atoms with Gasteiger partial charge in [0.05, 0.1) is 16.6 Å². The number of benzene rings is 1. The number of nitrogens with one attached hydrogen (secondary N) is 2. The molecule has 0 radical (unpaired) electrons. The molecule has 0 bridgehead atoms. The maximum Gasteiger partial charge on any atom is 0.273 e. The van der Waals surface area contributed by atoms with Crippen LogP contribution in [-0.2, 0) is 4.74 Å². The zero-order valence-electron chi connectivity index (χ0n) is 12.8. The molecule has 6 nitrogen and oxygen atoms in total. The maximum absolute atomic E-state index is 11.1. The average molecular weight is 293 g/mol. The van der Waals surface area contributed by atoms with Gasteiger partial charge in [0.25, 0.3) is 5.69 Å². The van der Waals surface area contributed by atoms with Crippen LogP contribution in [0, 0.1) is 10.1 Å². The third kappa shape index (κ3) is 3.64. The fraction of sp³-hybridized carbons (Fsp3) is 0.600. The van der Waals surface area contributed by atoms with Gasteiger partial charge in [-0.05, 0) is 32.8 Å². The second kappa shape index (κ2) is 6.30. The summed E-state index contributed by atoms with van der Waals surface area (Å²) in [6.07, 6.45) is 1.92. The van der Waals surface area contributed by atoms with Crippen LogP contribution in [0.4, 0.5) is 17.1 Å². The van der Waals surface area contributed by atoms with Crippen LogP contribution in [0.3, 0.4) is 0 Å². The molecule has 0 amide bonds. The first-order chi connectivity index (χ1) is 9.94. The Bertz CT molecular complexity index is 521. The lowest BCUT2D eigenvalue weighted by Crippen LogP contribution is -2.41. The average Bonchev–Trinajstić information content (AvgIpc) is 2.75. The van der Waals surface area contributed by atoms with Crippen molar-refractivity contribution in [2.24, 2.45) is 0 Å². The monoisotopic (exact) mass is 293 g/mol. The van der Waals surface area contributed by atoms with Crippen molar-refractivity contribution >= 4 is 17.1 Å². The molecule has 0 aromatic heterocycles. The molecule has 0 spiro atoms. The largest absolute Gasteiger partial charge is 0.385 e. The molecule has 1 aromatic rings. The first-order valence-electron chi connectivity index (χ1n) is 7.38. The Kier molecular flexibility index (Phi) is 4.67. The van der Waals surface area contributed by atoms with E-state index in [9.17, 15) is 10.1 Å². The summed E-state index contributed by atoms with van der Waals surface area (Å²) >= 11 is 0. The Labute approximate surface area is 125 Å². The predicted octanol–water partition coefficient (Wildman–Crippen LogP) is 3.40. The second-order valence-corrected chi connectivity index (χ2v) is 5.76. The smallest absolute Gasteiger partial charge is 0.273 e. The summed E-state index contributed by atoms with van der Waals surface area (Å²) < 4.78 is 5.60. The number of nitro benzene ring substituents is 1. The van der Waals surface area contributed by atoms with Gasteiger partial charge >= 0.3 is 0 Å². The van der Waals surface area contributed by atoms with Crippen LogP contribution in [0.1, 0.15) is 33.6 Å². The molecular formula is C15H23N3O3. The highest BCUT2D eigenvalue weighted by molar-refractivity contribution is 5.64. The van der Waals surface area contributed by atoms with E-state index in [0.717, 1.165) is 30.8 Å². The van der Waals surface area contributed by atoms with Crippen molar-refractivity contribution in [1.29, 1.82) is 0 Å². The van der Waals surface area contributed by atoms with Crippen LogP contribution in [-0.4, -0.2) is 29.7 Å². The van der Waals surface area contributed by atoms with Crippen LogP contribution < -0.4 is 10.6 Å². The van der Waals surface area contributed by atoms with Gasteiger partial charge in [-0.1, -0.05) is 6.92 Å². The molecule has 0 aliphatic carbocycles. The molecular weight excluding hydrogens is 270 g/mol. The van der Waals surface area contributed by atoms with Gasteiger partial charge in [0.2, 0.25) is 0 Å². The van der Waals surface area contributed by atoms with Crippen molar-refractivity contribution < 1.29 is 9.66 Å². The second-order valence-electron chi connectivity index (χ2n) is 5.76. The minimum absolute atomic E-state index is 0.0730. The van der Waals surface area contributed by atoms with E-state index in [-0.39, 0.29) is 22.3 Å². The van der Waals surface area contributed by atoms with Crippen molar-refractivity contribution in [2.75, 3.05) is 23.8 Å². The first-order valence-corrected chi connectivity index (χ1v) is 7.38. The molecule has 0 saturated carbocycles. The van der Waals surface area contributed by atoms with Gasteiger partial charge in [0.15, 0.2) is 0 Å². The number of ether oxygens (including phenoxy) is 1. The van der Waals surface area contributed by atoms with Gasteiger partial charge in [-0.2, -0.15) is 0 Å². The highest BCUT2D eigenvalue weighted by Crippen LogP contribution is 2.32. The number of hydrogen-bond donors (Lipinski definition) is 2. The molecule has 2 N–H and O–H groups in total. The summed E-state index contributed by atoms with van der Waals surface area (Å²) in [4.78, 5) is 10.7. The fourth-order valence-corrected chi connectivity index (χ4v) is 2.49. The van der Waals surface area contributed by atoms with Crippen LogP contribution in [0.25, 0.3) is 0 Å². The van der Waals surface area contributed by atoms with Gasteiger partial charge in [-0.25, -0.2) is 0 Å². The lowest BCUT2D eigenvalue weighted by molar-refractivity contribution is -0.384. The molecule has 21 heavy (non-hydrogen) atoms. The van der Waals surface area contributed by atoms with Crippen molar-refractivity contribution in [3.8, 4) is 0 Å². The molecule has 1 fully saturated rings. The normalized spacial score (nSPS) is 24.8. The van der Waals surface area contributed by atoms with Gasteiger partial charge in [0, 0.05) is 36.7 Å². The van der Waals surface area contributed by atoms with Crippen molar-refractivity contribution in [3.05, 3.63) is 28.3 Å². The van der Waals surface area contributed by atoms with E-state index >= 15 is 0 Å². The molecule has 2 atom stereocenters. The van der Waals surface area contributed by atoms with Gasteiger partial charge in [-0.15, -0.1) is 0 Å². The topological polar surface area (TPSA) is 76.4 Å². The number of non-ortho nitro benzene ring substituents is 1. The maximum atomic E-state index is 11.1.